The molecular formula is C9H7NO3S. The number of carboxylic acid groups (broad SMARTS) is 1. The predicted octanol–water partition coefficient (Wildman–Crippen LogP) is 2.00. The molecule has 0 spiro atoms. The van der Waals surface area contributed by atoms with Gasteiger partial charge in [0.2, 0.25) is 0 Å². The Morgan fingerprint density at radius 2 is 2.36 bits per heavy atom. The van der Waals surface area contributed by atoms with Gasteiger partial charge in [-0.3, -0.25) is 0 Å². The van der Waals surface area contributed by atoms with Crippen molar-refractivity contribution in [2.75, 3.05) is 7.11 Å². The number of methoxy groups -OCH3 is 1. The van der Waals surface area contributed by atoms with E-state index in [2.05, 4.69) is 4.98 Å². The number of carboxylic acids is 1. The van der Waals surface area contributed by atoms with Crippen LogP contribution in [0, 0.1) is 0 Å². The zero-order chi connectivity index (χ0) is 10.1. The van der Waals surface area contributed by atoms with Gasteiger partial charge < -0.3 is 9.84 Å². The van der Waals surface area contributed by atoms with Crippen molar-refractivity contribution < 1.29 is 14.6 Å². The van der Waals surface area contributed by atoms with Gasteiger partial charge in [-0.1, -0.05) is 0 Å². The van der Waals surface area contributed by atoms with Crippen LogP contribution in [0.25, 0.3) is 10.2 Å². The lowest BCUT2D eigenvalue weighted by Gasteiger charge is -2.04. The van der Waals surface area contributed by atoms with Crippen molar-refractivity contribution >= 4 is 27.5 Å². The highest BCUT2D eigenvalue weighted by molar-refractivity contribution is 7.16. The zero-order valence-electron chi connectivity index (χ0n) is 7.35. The minimum Gasteiger partial charge on any atom is -0.496 e. The maximum Gasteiger partial charge on any atom is 0.341 e. The lowest BCUT2D eigenvalue weighted by Crippen LogP contribution is -2.01. The van der Waals surface area contributed by atoms with Crippen LogP contribution < -0.4 is 4.74 Å². The Hall–Kier alpha value is -1.62. The second-order valence-corrected chi connectivity index (χ2v) is 3.53. The molecule has 0 aliphatic carbocycles. The summed E-state index contributed by atoms with van der Waals surface area (Å²) >= 11 is 1.41. The van der Waals surface area contributed by atoms with E-state index >= 15 is 0 Å². The second kappa shape index (κ2) is 3.26. The van der Waals surface area contributed by atoms with Gasteiger partial charge in [0.25, 0.3) is 0 Å². The van der Waals surface area contributed by atoms with E-state index < -0.39 is 5.97 Å². The summed E-state index contributed by atoms with van der Waals surface area (Å²) in [5, 5.41) is 9.00. The number of hydrogen-bond donors (Lipinski definition) is 1. The number of aromatic nitrogens is 1. The highest BCUT2D eigenvalue weighted by Gasteiger charge is 2.16. The molecule has 0 aliphatic heterocycles. The first kappa shape index (κ1) is 8.96. The highest BCUT2D eigenvalue weighted by atomic mass is 32.1. The van der Waals surface area contributed by atoms with Crippen LogP contribution in [0.1, 0.15) is 10.4 Å². The lowest BCUT2D eigenvalue weighted by atomic mass is 10.2. The summed E-state index contributed by atoms with van der Waals surface area (Å²) in [5.41, 5.74) is 2.24. The molecule has 0 amide bonds. The van der Waals surface area contributed by atoms with Gasteiger partial charge in [0, 0.05) is 0 Å². The van der Waals surface area contributed by atoms with Crippen LogP contribution in [0.3, 0.4) is 0 Å². The van der Waals surface area contributed by atoms with E-state index in [1.54, 1.807) is 17.6 Å². The van der Waals surface area contributed by atoms with Crippen molar-refractivity contribution in [3.63, 3.8) is 0 Å². The van der Waals surface area contributed by atoms with E-state index in [0.717, 1.165) is 4.70 Å². The standard InChI is InChI=1S/C9H7NO3S/c1-13-5-2-3-6-8(10-4-14-6)7(5)9(11)12/h2-4H,1H3,(H,11,12). The number of carbonyl (C=O) groups is 1. The first-order valence-corrected chi connectivity index (χ1v) is 4.75. The summed E-state index contributed by atoms with van der Waals surface area (Å²) in [6, 6.07) is 3.45. The van der Waals surface area contributed by atoms with E-state index in [0.29, 0.717) is 11.3 Å². The van der Waals surface area contributed by atoms with Gasteiger partial charge in [-0.2, -0.15) is 0 Å². The Balaban J connectivity index is 2.82. The van der Waals surface area contributed by atoms with Crippen LogP contribution >= 0.6 is 11.3 Å². The van der Waals surface area contributed by atoms with E-state index in [4.69, 9.17) is 9.84 Å². The molecule has 72 valence electrons. The van der Waals surface area contributed by atoms with Crippen LogP contribution in [0.2, 0.25) is 0 Å². The molecule has 0 bridgehead atoms. The number of benzene rings is 1. The molecule has 1 aromatic carbocycles. The number of thiazole rings is 1. The molecular weight excluding hydrogens is 202 g/mol. The van der Waals surface area contributed by atoms with Crippen LogP contribution in [-0.4, -0.2) is 23.2 Å². The fraction of sp³-hybridized carbons (Fsp3) is 0.111. The molecule has 0 aliphatic rings. The molecule has 0 fully saturated rings. The SMILES string of the molecule is COc1ccc2scnc2c1C(=O)O. The molecule has 0 radical (unpaired) electrons. The minimum atomic E-state index is -1.02. The van der Waals surface area contributed by atoms with Crippen LogP contribution in [0.5, 0.6) is 5.75 Å². The van der Waals surface area contributed by atoms with Crippen molar-refractivity contribution in [2.24, 2.45) is 0 Å². The Kier molecular flexibility index (Phi) is 2.09. The number of ether oxygens (including phenoxy) is 1. The third-order valence-corrected chi connectivity index (χ3v) is 2.69. The van der Waals surface area contributed by atoms with Crippen molar-refractivity contribution in [1.29, 1.82) is 0 Å². The Morgan fingerprint density at radius 1 is 1.57 bits per heavy atom. The van der Waals surface area contributed by atoms with Gasteiger partial charge in [0.05, 0.1) is 22.8 Å². The monoisotopic (exact) mass is 209 g/mol. The summed E-state index contributed by atoms with van der Waals surface area (Å²) in [6.45, 7) is 0. The quantitative estimate of drug-likeness (QED) is 0.821. The molecule has 0 saturated heterocycles. The fourth-order valence-electron chi connectivity index (χ4n) is 1.29. The zero-order valence-corrected chi connectivity index (χ0v) is 8.17. The number of aromatic carboxylic acids is 1. The Bertz CT molecular complexity index is 492. The second-order valence-electron chi connectivity index (χ2n) is 2.65. The van der Waals surface area contributed by atoms with Gasteiger partial charge >= 0.3 is 5.97 Å². The van der Waals surface area contributed by atoms with Crippen molar-refractivity contribution in [2.45, 2.75) is 0 Å². The Morgan fingerprint density at radius 3 is 3.00 bits per heavy atom. The molecule has 4 nitrogen and oxygen atoms in total. The van der Waals surface area contributed by atoms with Gasteiger partial charge in [-0.15, -0.1) is 11.3 Å². The molecule has 0 atom stereocenters. The van der Waals surface area contributed by atoms with Crippen LogP contribution in [0.4, 0.5) is 0 Å². The van der Waals surface area contributed by atoms with Crippen molar-refractivity contribution in [3.8, 4) is 5.75 Å². The topological polar surface area (TPSA) is 59.4 Å². The summed E-state index contributed by atoms with van der Waals surface area (Å²) < 4.78 is 5.82. The predicted molar refractivity (Wildman–Crippen MR) is 53.1 cm³/mol. The average molecular weight is 209 g/mol. The molecule has 2 rings (SSSR count). The number of rotatable bonds is 2. The third kappa shape index (κ3) is 1.22. The normalized spacial score (nSPS) is 10.4. The molecule has 0 saturated carbocycles. The van der Waals surface area contributed by atoms with Gasteiger partial charge in [0.15, 0.2) is 0 Å². The minimum absolute atomic E-state index is 0.131. The Labute approximate surface area is 83.8 Å². The van der Waals surface area contributed by atoms with E-state index in [1.165, 1.54) is 18.4 Å². The molecule has 1 aromatic heterocycles. The van der Waals surface area contributed by atoms with Gasteiger partial charge in [-0.25, -0.2) is 9.78 Å². The van der Waals surface area contributed by atoms with E-state index in [-0.39, 0.29) is 5.56 Å². The average Bonchev–Trinajstić information content (AvgIpc) is 2.62. The maximum absolute atomic E-state index is 11.0. The molecule has 1 heterocycles. The van der Waals surface area contributed by atoms with E-state index in [1.807, 2.05) is 0 Å². The molecule has 1 N–H and O–H groups in total. The molecule has 14 heavy (non-hydrogen) atoms. The highest BCUT2D eigenvalue weighted by Crippen LogP contribution is 2.29. The number of nitrogens with zero attached hydrogens (tertiary/aromatic N) is 1. The number of hydrogen-bond acceptors (Lipinski definition) is 4. The molecule has 2 aromatic rings. The first-order chi connectivity index (χ1) is 6.74. The first-order valence-electron chi connectivity index (χ1n) is 3.87. The lowest BCUT2D eigenvalue weighted by molar-refractivity contribution is 0.0695. The summed E-state index contributed by atoms with van der Waals surface area (Å²) in [6.07, 6.45) is 0. The molecule has 0 unspecified atom stereocenters. The largest absolute Gasteiger partial charge is 0.496 e. The van der Waals surface area contributed by atoms with Crippen LogP contribution in [0.15, 0.2) is 17.6 Å². The summed E-state index contributed by atoms with van der Waals surface area (Å²) in [4.78, 5) is 15.0. The summed E-state index contributed by atoms with van der Waals surface area (Å²) in [7, 11) is 1.44. The van der Waals surface area contributed by atoms with Gasteiger partial charge in [-0.05, 0) is 12.1 Å². The maximum atomic E-state index is 11.0. The fourth-order valence-corrected chi connectivity index (χ4v) is 1.97. The van der Waals surface area contributed by atoms with Crippen molar-refractivity contribution in [1.82, 2.24) is 4.98 Å². The molecule has 5 heteroatoms. The summed E-state index contributed by atoms with van der Waals surface area (Å²) in [5.74, 6) is -0.672. The smallest absolute Gasteiger partial charge is 0.341 e. The van der Waals surface area contributed by atoms with Crippen molar-refractivity contribution in [3.05, 3.63) is 23.2 Å². The van der Waals surface area contributed by atoms with E-state index in [9.17, 15) is 4.79 Å². The third-order valence-electron chi connectivity index (χ3n) is 1.90. The van der Waals surface area contributed by atoms with Crippen LogP contribution in [-0.2, 0) is 0 Å². The van der Waals surface area contributed by atoms with Gasteiger partial charge in [0.1, 0.15) is 11.3 Å². The number of fused-ring (bicyclic) bond motifs is 1.